The Kier molecular flexibility index (Phi) is 4.57. The van der Waals surface area contributed by atoms with Crippen LogP contribution in [0.2, 0.25) is 0 Å². The van der Waals surface area contributed by atoms with E-state index in [2.05, 4.69) is 15.0 Å². The number of anilines is 2. The Morgan fingerprint density at radius 1 is 1.09 bits per heavy atom. The second kappa shape index (κ2) is 7.59. The topological polar surface area (TPSA) is 84.5 Å². The Hall–Kier alpha value is -3.46. The Bertz CT molecular complexity index is 1370. The zero-order valence-corrected chi connectivity index (χ0v) is 18.2. The molecule has 0 unspecified atom stereocenters. The molecule has 0 saturated carbocycles. The van der Waals surface area contributed by atoms with Crippen LogP contribution in [0.15, 0.2) is 51.9 Å². The lowest BCUT2D eigenvalue weighted by atomic mass is 10.2. The summed E-state index contributed by atoms with van der Waals surface area (Å²) in [7, 11) is 0. The van der Waals surface area contributed by atoms with E-state index in [0.29, 0.717) is 28.2 Å². The molecule has 1 aromatic carbocycles. The summed E-state index contributed by atoms with van der Waals surface area (Å²) in [5, 5.41) is 5.39. The number of hydrogen-bond donors (Lipinski definition) is 0. The van der Waals surface area contributed by atoms with Crippen molar-refractivity contribution in [2.24, 2.45) is 0 Å². The zero-order valence-electron chi connectivity index (χ0n) is 17.4. The highest BCUT2D eigenvalue weighted by molar-refractivity contribution is 7.22. The molecule has 4 aromatic rings. The van der Waals surface area contributed by atoms with Crippen LogP contribution in [0.3, 0.4) is 0 Å². The maximum Gasteiger partial charge on any atom is 0.294 e. The quantitative estimate of drug-likeness (QED) is 0.477. The Morgan fingerprint density at radius 2 is 1.94 bits per heavy atom. The molecule has 0 N–H and O–H groups in total. The molecule has 0 atom stereocenters. The van der Waals surface area contributed by atoms with Crippen molar-refractivity contribution in [1.82, 2.24) is 14.8 Å². The first-order chi connectivity index (χ1) is 15.7. The largest absolute Gasteiger partial charge is 0.463 e. The molecule has 0 radical (unpaired) electrons. The van der Waals surface area contributed by atoms with Gasteiger partial charge in [-0.3, -0.25) is 9.59 Å². The van der Waals surface area contributed by atoms with Gasteiger partial charge in [0.05, 0.1) is 11.0 Å². The van der Waals surface area contributed by atoms with Crippen LogP contribution in [0.25, 0.3) is 21.7 Å². The van der Waals surface area contributed by atoms with Gasteiger partial charge < -0.3 is 14.2 Å². The molecule has 6 rings (SSSR count). The van der Waals surface area contributed by atoms with Crippen LogP contribution in [0, 0.1) is 0 Å². The summed E-state index contributed by atoms with van der Waals surface area (Å²) >= 11 is 1.46. The van der Waals surface area contributed by atoms with Crippen LogP contribution in [0.5, 0.6) is 0 Å². The lowest BCUT2D eigenvalue weighted by Crippen LogP contribution is -2.36. The first kappa shape index (κ1) is 19.2. The van der Waals surface area contributed by atoms with E-state index < -0.39 is 0 Å². The number of furan rings is 1. The molecule has 2 aliphatic heterocycles. The SMILES string of the molecule is O=C(Cn1nc(-c2ccco2)c2sc(N3CCCC3)nc2c1=O)N1CCc2ccccc21. The van der Waals surface area contributed by atoms with Crippen molar-refractivity contribution in [2.75, 3.05) is 29.4 Å². The third kappa shape index (κ3) is 3.12. The Labute approximate surface area is 187 Å². The van der Waals surface area contributed by atoms with E-state index in [4.69, 9.17) is 4.42 Å². The minimum Gasteiger partial charge on any atom is -0.463 e. The number of aromatic nitrogens is 3. The van der Waals surface area contributed by atoms with Gasteiger partial charge in [0.25, 0.3) is 5.56 Å². The number of para-hydroxylation sites is 1. The summed E-state index contributed by atoms with van der Waals surface area (Å²) < 4.78 is 7.53. The number of hydrogen-bond acceptors (Lipinski definition) is 7. The van der Waals surface area contributed by atoms with E-state index in [0.717, 1.165) is 48.7 Å². The lowest BCUT2D eigenvalue weighted by Gasteiger charge is -2.17. The second-order valence-corrected chi connectivity index (χ2v) is 9.06. The van der Waals surface area contributed by atoms with Crippen molar-refractivity contribution in [1.29, 1.82) is 0 Å². The monoisotopic (exact) mass is 447 g/mol. The van der Waals surface area contributed by atoms with Gasteiger partial charge in [-0.1, -0.05) is 29.5 Å². The second-order valence-electron chi connectivity index (χ2n) is 8.08. The average molecular weight is 448 g/mol. The molecular weight excluding hydrogens is 426 g/mol. The number of amides is 1. The first-order valence-corrected chi connectivity index (χ1v) is 11.6. The molecular formula is C23H21N5O3S. The fourth-order valence-corrected chi connectivity index (χ4v) is 5.58. The molecule has 32 heavy (non-hydrogen) atoms. The predicted octanol–water partition coefficient (Wildman–Crippen LogP) is 3.30. The number of thiazole rings is 1. The number of nitrogens with zero attached hydrogens (tertiary/aromatic N) is 5. The van der Waals surface area contributed by atoms with Crippen molar-refractivity contribution in [3.63, 3.8) is 0 Å². The fourth-order valence-electron chi connectivity index (χ4n) is 4.48. The number of rotatable bonds is 4. The normalized spacial score (nSPS) is 15.6. The van der Waals surface area contributed by atoms with E-state index in [-0.39, 0.29) is 18.0 Å². The summed E-state index contributed by atoms with van der Waals surface area (Å²) in [6.45, 7) is 2.33. The molecule has 5 heterocycles. The van der Waals surface area contributed by atoms with E-state index in [9.17, 15) is 9.59 Å². The molecule has 1 fully saturated rings. The smallest absolute Gasteiger partial charge is 0.294 e. The van der Waals surface area contributed by atoms with Gasteiger partial charge in [-0.05, 0) is 43.0 Å². The van der Waals surface area contributed by atoms with Crippen LogP contribution in [0.4, 0.5) is 10.8 Å². The van der Waals surface area contributed by atoms with Crippen LogP contribution < -0.4 is 15.4 Å². The van der Waals surface area contributed by atoms with Crippen molar-refractivity contribution < 1.29 is 9.21 Å². The van der Waals surface area contributed by atoms with Crippen LogP contribution in [-0.2, 0) is 17.8 Å². The number of fused-ring (bicyclic) bond motifs is 2. The minimum atomic E-state index is -0.349. The highest BCUT2D eigenvalue weighted by atomic mass is 32.1. The predicted molar refractivity (Wildman–Crippen MR) is 123 cm³/mol. The van der Waals surface area contributed by atoms with Gasteiger partial charge >= 0.3 is 0 Å². The van der Waals surface area contributed by atoms with Gasteiger partial charge in [-0.15, -0.1) is 0 Å². The molecule has 0 spiro atoms. The first-order valence-electron chi connectivity index (χ1n) is 10.8. The van der Waals surface area contributed by atoms with Crippen molar-refractivity contribution in [3.05, 3.63) is 58.6 Å². The zero-order chi connectivity index (χ0) is 21.7. The van der Waals surface area contributed by atoms with E-state index in [1.54, 1.807) is 17.2 Å². The van der Waals surface area contributed by atoms with E-state index in [1.807, 2.05) is 30.3 Å². The minimum absolute atomic E-state index is 0.145. The standard InChI is InChI=1S/C23H21N5O3S/c29-18(27-12-9-15-6-1-2-7-16(15)27)14-28-22(30)20-21(19(25-28)17-8-5-13-31-17)32-23(24-20)26-10-3-4-11-26/h1-2,5-8,13H,3-4,9-12,14H2. The molecule has 3 aromatic heterocycles. The molecule has 1 amide bonds. The molecule has 0 aliphatic carbocycles. The third-order valence-corrected chi connectivity index (χ3v) is 7.22. The fraction of sp³-hybridized carbons (Fsp3) is 0.304. The van der Waals surface area contributed by atoms with Crippen LogP contribution >= 0.6 is 11.3 Å². The number of carbonyl (C=O) groups excluding carboxylic acids is 1. The molecule has 1 saturated heterocycles. The molecule has 0 bridgehead atoms. The molecule has 9 heteroatoms. The maximum absolute atomic E-state index is 13.3. The molecule has 162 valence electrons. The van der Waals surface area contributed by atoms with Crippen molar-refractivity contribution in [2.45, 2.75) is 25.8 Å². The van der Waals surface area contributed by atoms with Crippen molar-refractivity contribution in [3.8, 4) is 11.5 Å². The average Bonchev–Trinajstić information content (AvgIpc) is 3.61. The van der Waals surface area contributed by atoms with Gasteiger partial charge in [0.2, 0.25) is 5.91 Å². The van der Waals surface area contributed by atoms with E-state index >= 15 is 0 Å². The van der Waals surface area contributed by atoms with Gasteiger partial charge in [0.15, 0.2) is 16.4 Å². The highest BCUT2D eigenvalue weighted by Gasteiger charge is 2.27. The van der Waals surface area contributed by atoms with Crippen molar-refractivity contribution >= 4 is 38.3 Å². The van der Waals surface area contributed by atoms with Gasteiger partial charge in [0.1, 0.15) is 12.2 Å². The Balaban J connectivity index is 1.42. The van der Waals surface area contributed by atoms with Crippen LogP contribution in [-0.4, -0.2) is 40.3 Å². The summed E-state index contributed by atoms with van der Waals surface area (Å²) in [4.78, 5) is 35.1. The van der Waals surface area contributed by atoms with E-state index in [1.165, 1.54) is 16.0 Å². The Morgan fingerprint density at radius 3 is 2.75 bits per heavy atom. The highest BCUT2D eigenvalue weighted by Crippen LogP contribution is 2.35. The van der Waals surface area contributed by atoms with Gasteiger partial charge in [0, 0.05) is 25.3 Å². The number of benzene rings is 1. The van der Waals surface area contributed by atoms with Gasteiger partial charge in [-0.2, -0.15) is 5.10 Å². The maximum atomic E-state index is 13.3. The lowest BCUT2D eigenvalue weighted by molar-refractivity contribution is -0.119. The third-order valence-electron chi connectivity index (χ3n) is 6.09. The summed E-state index contributed by atoms with van der Waals surface area (Å²) in [5.41, 5.74) is 2.58. The van der Waals surface area contributed by atoms with Crippen LogP contribution in [0.1, 0.15) is 18.4 Å². The molecule has 2 aliphatic rings. The van der Waals surface area contributed by atoms with Gasteiger partial charge in [-0.25, -0.2) is 9.67 Å². The number of carbonyl (C=O) groups is 1. The summed E-state index contributed by atoms with van der Waals surface area (Å²) in [6, 6.07) is 11.5. The molecule has 8 nitrogen and oxygen atoms in total. The summed E-state index contributed by atoms with van der Waals surface area (Å²) in [5.74, 6) is 0.392. The summed E-state index contributed by atoms with van der Waals surface area (Å²) in [6.07, 6.45) is 4.63.